The Bertz CT molecular complexity index is 305. The van der Waals surface area contributed by atoms with E-state index in [0.717, 1.165) is 18.3 Å². The van der Waals surface area contributed by atoms with Crippen molar-refractivity contribution in [2.45, 2.75) is 44.7 Å². The number of anilines is 1. The fourth-order valence-electron chi connectivity index (χ4n) is 2.30. The third kappa shape index (κ3) is 2.92. The van der Waals surface area contributed by atoms with Gasteiger partial charge in [0.05, 0.1) is 5.69 Å². The van der Waals surface area contributed by atoms with E-state index in [0.29, 0.717) is 5.13 Å². The Morgan fingerprint density at radius 1 is 1.47 bits per heavy atom. The van der Waals surface area contributed by atoms with E-state index in [1.165, 1.54) is 43.4 Å². The number of thiazole rings is 1. The van der Waals surface area contributed by atoms with Crippen LogP contribution < -0.4 is 5.73 Å². The van der Waals surface area contributed by atoms with Crippen molar-refractivity contribution in [2.75, 3.05) is 12.8 Å². The van der Waals surface area contributed by atoms with Gasteiger partial charge in [0.15, 0.2) is 5.13 Å². The molecule has 0 unspecified atom stereocenters. The van der Waals surface area contributed by atoms with Crippen molar-refractivity contribution in [1.29, 1.82) is 0 Å². The van der Waals surface area contributed by atoms with Gasteiger partial charge >= 0.3 is 0 Å². The number of hydrogen-bond donors (Lipinski definition) is 1. The summed E-state index contributed by atoms with van der Waals surface area (Å²) in [4.78, 5) is 6.72. The van der Waals surface area contributed by atoms with Crippen LogP contribution in [-0.2, 0) is 6.54 Å². The highest BCUT2D eigenvalue weighted by molar-refractivity contribution is 7.13. The highest BCUT2D eigenvalue weighted by atomic mass is 32.1. The Kier molecular flexibility index (Phi) is 3.59. The lowest BCUT2D eigenvalue weighted by Gasteiger charge is -2.30. The first-order chi connectivity index (χ1) is 7.25. The quantitative estimate of drug-likeness (QED) is 0.859. The molecule has 0 aromatic carbocycles. The Morgan fingerprint density at radius 3 is 2.80 bits per heavy atom. The smallest absolute Gasteiger partial charge is 0.180 e. The highest BCUT2D eigenvalue weighted by Crippen LogP contribution is 2.23. The van der Waals surface area contributed by atoms with E-state index in [1.54, 1.807) is 0 Å². The maximum atomic E-state index is 5.62. The molecular formula is C11H19N3S. The molecule has 1 fully saturated rings. The molecule has 1 aliphatic rings. The molecule has 0 amide bonds. The summed E-state index contributed by atoms with van der Waals surface area (Å²) in [7, 11) is 2.20. The Hall–Kier alpha value is -0.610. The SMILES string of the molecule is CN(Cc1csc(N)n1)C1CCCCC1. The molecule has 1 aliphatic carbocycles. The normalized spacial score (nSPS) is 18.5. The predicted octanol–water partition coefficient (Wildman–Crippen LogP) is 2.49. The topological polar surface area (TPSA) is 42.1 Å². The van der Waals surface area contributed by atoms with Crippen molar-refractivity contribution < 1.29 is 0 Å². The summed E-state index contributed by atoms with van der Waals surface area (Å²) < 4.78 is 0. The number of nitrogens with two attached hydrogens (primary N) is 1. The summed E-state index contributed by atoms with van der Waals surface area (Å²) >= 11 is 1.53. The van der Waals surface area contributed by atoms with Gasteiger partial charge in [0, 0.05) is 18.0 Å². The van der Waals surface area contributed by atoms with Crippen LogP contribution in [0.5, 0.6) is 0 Å². The van der Waals surface area contributed by atoms with E-state index in [9.17, 15) is 0 Å². The van der Waals surface area contributed by atoms with Gasteiger partial charge in [-0.05, 0) is 19.9 Å². The molecule has 0 bridgehead atoms. The number of hydrogen-bond acceptors (Lipinski definition) is 4. The summed E-state index contributed by atoms with van der Waals surface area (Å²) in [6.07, 6.45) is 6.86. The zero-order valence-electron chi connectivity index (χ0n) is 9.28. The first kappa shape index (κ1) is 10.9. The molecule has 0 saturated heterocycles. The molecular weight excluding hydrogens is 206 g/mol. The Morgan fingerprint density at radius 2 is 2.20 bits per heavy atom. The van der Waals surface area contributed by atoms with Crippen LogP contribution in [0.2, 0.25) is 0 Å². The van der Waals surface area contributed by atoms with Crippen LogP contribution in [0, 0.1) is 0 Å². The van der Waals surface area contributed by atoms with Gasteiger partial charge < -0.3 is 5.73 Å². The van der Waals surface area contributed by atoms with Crippen molar-refractivity contribution in [1.82, 2.24) is 9.88 Å². The Balaban J connectivity index is 1.88. The molecule has 0 radical (unpaired) electrons. The molecule has 1 heterocycles. The molecule has 4 heteroatoms. The highest BCUT2D eigenvalue weighted by Gasteiger charge is 2.18. The van der Waals surface area contributed by atoms with Crippen molar-refractivity contribution >= 4 is 16.5 Å². The van der Waals surface area contributed by atoms with Crippen LogP contribution >= 0.6 is 11.3 Å². The van der Waals surface area contributed by atoms with Crippen LogP contribution in [0.4, 0.5) is 5.13 Å². The number of nitrogen functional groups attached to an aromatic ring is 1. The molecule has 3 nitrogen and oxygen atoms in total. The van der Waals surface area contributed by atoms with E-state index in [2.05, 4.69) is 22.3 Å². The predicted molar refractivity (Wildman–Crippen MR) is 64.9 cm³/mol. The minimum atomic E-state index is 0.682. The second kappa shape index (κ2) is 4.94. The minimum Gasteiger partial charge on any atom is -0.375 e. The average molecular weight is 225 g/mol. The second-order valence-electron chi connectivity index (χ2n) is 4.38. The first-order valence-corrected chi connectivity index (χ1v) is 6.54. The summed E-state index contributed by atoms with van der Waals surface area (Å²) in [5, 5.41) is 2.75. The maximum absolute atomic E-state index is 5.62. The van der Waals surface area contributed by atoms with Crippen molar-refractivity contribution in [3.8, 4) is 0 Å². The standard InChI is InChI=1S/C11H19N3S/c1-14(10-5-3-2-4-6-10)7-9-8-15-11(12)13-9/h8,10H,2-7H2,1H3,(H2,12,13). The second-order valence-corrected chi connectivity index (χ2v) is 5.27. The van der Waals surface area contributed by atoms with E-state index < -0.39 is 0 Å². The third-order valence-corrected chi connectivity index (χ3v) is 3.90. The van der Waals surface area contributed by atoms with E-state index in [4.69, 9.17) is 5.73 Å². The van der Waals surface area contributed by atoms with Crippen LogP contribution in [0.25, 0.3) is 0 Å². The lowest BCUT2D eigenvalue weighted by atomic mass is 9.94. The third-order valence-electron chi connectivity index (χ3n) is 3.18. The number of rotatable bonds is 3. The van der Waals surface area contributed by atoms with Crippen molar-refractivity contribution in [2.24, 2.45) is 0 Å². The number of aromatic nitrogens is 1. The Labute approximate surface area is 95.3 Å². The van der Waals surface area contributed by atoms with Crippen LogP contribution in [0.15, 0.2) is 5.38 Å². The summed E-state index contributed by atoms with van der Waals surface area (Å²) in [5.74, 6) is 0. The van der Waals surface area contributed by atoms with Gasteiger partial charge in [-0.3, -0.25) is 4.90 Å². The van der Waals surface area contributed by atoms with Gasteiger partial charge in [0.2, 0.25) is 0 Å². The molecule has 2 rings (SSSR count). The van der Waals surface area contributed by atoms with Crippen LogP contribution in [0.3, 0.4) is 0 Å². The zero-order chi connectivity index (χ0) is 10.7. The van der Waals surface area contributed by atoms with Crippen molar-refractivity contribution in [3.05, 3.63) is 11.1 Å². The first-order valence-electron chi connectivity index (χ1n) is 5.66. The average Bonchev–Trinajstić information content (AvgIpc) is 2.65. The van der Waals surface area contributed by atoms with Gasteiger partial charge in [-0.1, -0.05) is 19.3 Å². The van der Waals surface area contributed by atoms with E-state index in [-0.39, 0.29) is 0 Å². The summed E-state index contributed by atoms with van der Waals surface area (Å²) in [5.41, 5.74) is 6.74. The molecule has 1 aromatic rings. The largest absolute Gasteiger partial charge is 0.375 e. The fraction of sp³-hybridized carbons (Fsp3) is 0.727. The molecule has 0 atom stereocenters. The molecule has 0 spiro atoms. The van der Waals surface area contributed by atoms with E-state index >= 15 is 0 Å². The molecule has 2 N–H and O–H groups in total. The van der Waals surface area contributed by atoms with E-state index in [1.807, 2.05) is 0 Å². The lowest BCUT2D eigenvalue weighted by molar-refractivity contribution is 0.183. The van der Waals surface area contributed by atoms with Gasteiger partial charge in [0.25, 0.3) is 0 Å². The molecule has 84 valence electrons. The van der Waals surface area contributed by atoms with Gasteiger partial charge in [0.1, 0.15) is 0 Å². The monoisotopic (exact) mass is 225 g/mol. The summed E-state index contributed by atoms with van der Waals surface area (Å²) in [6.45, 7) is 0.943. The lowest BCUT2D eigenvalue weighted by Crippen LogP contribution is -2.32. The van der Waals surface area contributed by atoms with Gasteiger partial charge in [-0.15, -0.1) is 11.3 Å². The van der Waals surface area contributed by atoms with Crippen LogP contribution in [-0.4, -0.2) is 23.0 Å². The van der Waals surface area contributed by atoms with Crippen LogP contribution in [0.1, 0.15) is 37.8 Å². The zero-order valence-corrected chi connectivity index (χ0v) is 10.1. The summed E-state index contributed by atoms with van der Waals surface area (Å²) in [6, 6.07) is 0.752. The molecule has 1 aromatic heterocycles. The van der Waals surface area contributed by atoms with Crippen molar-refractivity contribution in [3.63, 3.8) is 0 Å². The molecule has 0 aliphatic heterocycles. The minimum absolute atomic E-state index is 0.682. The molecule has 1 saturated carbocycles. The van der Waals surface area contributed by atoms with Gasteiger partial charge in [-0.25, -0.2) is 4.98 Å². The number of nitrogens with zero attached hydrogens (tertiary/aromatic N) is 2. The van der Waals surface area contributed by atoms with Gasteiger partial charge in [-0.2, -0.15) is 0 Å². The fourth-order valence-corrected chi connectivity index (χ4v) is 2.86. The maximum Gasteiger partial charge on any atom is 0.180 e. The molecule has 15 heavy (non-hydrogen) atoms.